The van der Waals surface area contributed by atoms with E-state index in [0.717, 1.165) is 11.8 Å². The lowest BCUT2D eigenvalue weighted by molar-refractivity contribution is -0.144. The molecule has 0 saturated heterocycles. The van der Waals surface area contributed by atoms with Crippen molar-refractivity contribution < 1.29 is 19.5 Å². The number of carboxylic acid groups (broad SMARTS) is 1. The summed E-state index contributed by atoms with van der Waals surface area (Å²) in [6.45, 7) is 3.88. The molecular formula is C17H23NO4S2. The summed E-state index contributed by atoms with van der Waals surface area (Å²) >= 11 is 0. The first-order chi connectivity index (χ1) is 11.4. The summed E-state index contributed by atoms with van der Waals surface area (Å²) in [7, 11) is 3.14. The number of nitrogens with zero attached hydrogens (tertiary/aromatic N) is 1. The molecule has 1 aromatic carbocycles. The van der Waals surface area contributed by atoms with Gasteiger partial charge in [0.2, 0.25) is 5.91 Å². The number of aldehydes is 1. The predicted octanol–water partition coefficient (Wildman–Crippen LogP) is 3.24. The highest BCUT2D eigenvalue weighted by Gasteiger charge is 2.20. The predicted molar refractivity (Wildman–Crippen MR) is 98.9 cm³/mol. The van der Waals surface area contributed by atoms with E-state index in [2.05, 4.69) is 0 Å². The molecule has 1 N–H and O–H groups in total. The largest absolute Gasteiger partial charge is 0.480 e. The molecule has 24 heavy (non-hydrogen) atoms. The van der Waals surface area contributed by atoms with Crippen molar-refractivity contribution in [3.8, 4) is 0 Å². The number of amides is 1. The minimum absolute atomic E-state index is 0.0451. The van der Waals surface area contributed by atoms with Gasteiger partial charge in [0.15, 0.2) is 0 Å². The van der Waals surface area contributed by atoms with Crippen LogP contribution in [0, 0.1) is 0 Å². The molecule has 0 radical (unpaired) electrons. The van der Waals surface area contributed by atoms with Gasteiger partial charge in [0, 0.05) is 29.9 Å². The Morgan fingerprint density at radius 2 is 1.79 bits per heavy atom. The molecule has 0 aliphatic heterocycles. The fourth-order valence-electron chi connectivity index (χ4n) is 1.97. The molecule has 1 aromatic rings. The third-order valence-corrected chi connectivity index (χ3v) is 6.60. The normalized spacial score (nSPS) is 13.1. The topological polar surface area (TPSA) is 74.7 Å². The number of hydrogen-bond donors (Lipinski definition) is 1. The molecule has 2 atom stereocenters. The highest BCUT2D eigenvalue weighted by atomic mass is 33.1. The minimum atomic E-state index is -1.02. The third-order valence-electron chi connectivity index (χ3n) is 3.17. The molecule has 0 bridgehead atoms. The Kier molecular flexibility index (Phi) is 9.56. The van der Waals surface area contributed by atoms with E-state index in [0.29, 0.717) is 6.42 Å². The van der Waals surface area contributed by atoms with Crippen LogP contribution in [0.25, 0.3) is 0 Å². The molecular weight excluding hydrogens is 346 g/mol. The van der Waals surface area contributed by atoms with Crippen LogP contribution >= 0.6 is 21.6 Å². The number of rotatable bonds is 11. The first-order valence-electron chi connectivity index (χ1n) is 7.71. The molecule has 0 saturated carbocycles. The van der Waals surface area contributed by atoms with Gasteiger partial charge < -0.3 is 14.8 Å². The van der Waals surface area contributed by atoms with Crippen LogP contribution < -0.4 is 0 Å². The molecule has 2 unspecified atom stereocenters. The summed E-state index contributed by atoms with van der Waals surface area (Å²) < 4.78 is 0. The van der Waals surface area contributed by atoms with Crippen molar-refractivity contribution in [1.29, 1.82) is 0 Å². The van der Waals surface area contributed by atoms with Gasteiger partial charge in [0.25, 0.3) is 0 Å². The summed E-state index contributed by atoms with van der Waals surface area (Å²) in [6.07, 6.45) is 1.64. The minimum Gasteiger partial charge on any atom is -0.480 e. The van der Waals surface area contributed by atoms with Gasteiger partial charge in [-0.25, -0.2) is 0 Å². The van der Waals surface area contributed by atoms with Gasteiger partial charge in [-0.2, -0.15) is 0 Å². The van der Waals surface area contributed by atoms with Crippen molar-refractivity contribution >= 4 is 39.8 Å². The van der Waals surface area contributed by atoms with Crippen molar-refractivity contribution in [3.63, 3.8) is 0 Å². The van der Waals surface area contributed by atoms with Gasteiger partial charge in [-0.3, -0.25) is 9.59 Å². The Bertz CT molecular complexity index is 539. The van der Waals surface area contributed by atoms with E-state index >= 15 is 0 Å². The zero-order valence-corrected chi connectivity index (χ0v) is 15.5. The molecule has 0 heterocycles. The van der Waals surface area contributed by atoms with Crippen molar-refractivity contribution in [2.45, 2.75) is 43.7 Å². The highest BCUT2D eigenvalue weighted by molar-refractivity contribution is 8.77. The average molecular weight is 370 g/mol. The van der Waals surface area contributed by atoms with Crippen LogP contribution in [0.15, 0.2) is 30.3 Å². The van der Waals surface area contributed by atoms with E-state index in [4.69, 9.17) is 5.11 Å². The van der Waals surface area contributed by atoms with E-state index < -0.39 is 5.97 Å². The standard InChI is InChI=1S/C17H23NO4S2/c1-13(8-9-19)23-24-14(2)10-16(20)18(12-17(21)22)11-15-6-4-3-5-7-15/h3-7,9,13-14H,8,10-12H2,1-2H3,(H,21,22). The molecule has 7 heteroatoms. The molecule has 0 aromatic heterocycles. The second-order valence-electron chi connectivity index (χ2n) is 5.55. The Hall–Kier alpha value is -1.47. The van der Waals surface area contributed by atoms with Gasteiger partial charge in [-0.05, 0) is 5.56 Å². The van der Waals surface area contributed by atoms with E-state index in [1.54, 1.807) is 21.6 Å². The summed E-state index contributed by atoms with van der Waals surface area (Å²) in [5, 5.41) is 9.29. The van der Waals surface area contributed by atoms with Gasteiger partial charge in [-0.1, -0.05) is 65.8 Å². The van der Waals surface area contributed by atoms with E-state index in [-0.39, 0.29) is 35.9 Å². The monoisotopic (exact) mass is 369 g/mol. The van der Waals surface area contributed by atoms with Crippen molar-refractivity contribution in [2.75, 3.05) is 6.54 Å². The molecule has 0 aliphatic rings. The number of carbonyl (C=O) groups excluding carboxylic acids is 2. The molecule has 0 fully saturated rings. The fourth-order valence-corrected chi connectivity index (χ4v) is 4.30. The molecule has 0 aliphatic carbocycles. The van der Waals surface area contributed by atoms with Gasteiger partial charge in [-0.15, -0.1) is 0 Å². The lowest BCUT2D eigenvalue weighted by Crippen LogP contribution is -2.36. The summed E-state index contributed by atoms with van der Waals surface area (Å²) in [6, 6.07) is 9.35. The van der Waals surface area contributed by atoms with Crippen molar-refractivity contribution in [2.24, 2.45) is 0 Å². The number of benzene rings is 1. The number of aliphatic carboxylic acids is 1. The van der Waals surface area contributed by atoms with Crippen LogP contribution in [0.3, 0.4) is 0 Å². The molecule has 5 nitrogen and oxygen atoms in total. The van der Waals surface area contributed by atoms with E-state index in [1.807, 2.05) is 44.2 Å². The maximum Gasteiger partial charge on any atom is 0.323 e. The maximum atomic E-state index is 12.4. The van der Waals surface area contributed by atoms with Crippen LogP contribution in [-0.4, -0.2) is 45.2 Å². The van der Waals surface area contributed by atoms with Gasteiger partial charge in [0.05, 0.1) is 0 Å². The molecule has 132 valence electrons. The Labute approximate surface area is 150 Å². The van der Waals surface area contributed by atoms with Crippen LogP contribution in [0.5, 0.6) is 0 Å². The summed E-state index contributed by atoms with van der Waals surface area (Å²) in [5.41, 5.74) is 0.904. The van der Waals surface area contributed by atoms with Crippen LogP contribution in [0.1, 0.15) is 32.3 Å². The van der Waals surface area contributed by atoms with Crippen molar-refractivity contribution in [1.82, 2.24) is 4.90 Å². The smallest absolute Gasteiger partial charge is 0.323 e. The molecule has 1 amide bonds. The summed E-state index contributed by atoms with van der Waals surface area (Å²) in [5.74, 6) is -1.20. The lowest BCUT2D eigenvalue weighted by atomic mass is 10.2. The zero-order chi connectivity index (χ0) is 17.9. The highest BCUT2D eigenvalue weighted by Crippen LogP contribution is 2.33. The molecule has 0 spiro atoms. The average Bonchev–Trinajstić information content (AvgIpc) is 2.53. The second kappa shape index (κ2) is 11.1. The van der Waals surface area contributed by atoms with Crippen LogP contribution in [0.4, 0.5) is 0 Å². The molecule has 1 rings (SSSR count). The van der Waals surface area contributed by atoms with Gasteiger partial charge in [0.1, 0.15) is 12.8 Å². The van der Waals surface area contributed by atoms with Crippen LogP contribution in [0.2, 0.25) is 0 Å². The SMILES string of the molecule is CC(CC=O)SSC(C)CC(=O)N(CC(=O)O)Cc1ccccc1. The fraction of sp³-hybridized carbons (Fsp3) is 0.471. The van der Waals surface area contributed by atoms with E-state index in [9.17, 15) is 14.4 Å². The third kappa shape index (κ3) is 8.40. The first kappa shape index (κ1) is 20.6. The Morgan fingerprint density at radius 3 is 2.38 bits per heavy atom. The van der Waals surface area contributed by atoms with Gasteiger partial charge >= 0.3 is 5.97 Å². The van der Waals surface area contributed by atoms with Crippen molar-refractivity contribution in [3.05, 3.63) is 35.9 Å². The lowest BCUT2D eigenvalue weighted by Gasteiger charge is -2.22. The second-order valence-corrected chi connectivity index (χ2v) is 8.70. The number of carboxylic acids is 1. The Balaban J connectivity index is 2.57. The quantitative estimate of drug-likeness (QED) is 0.477. The Morgan fingerprint density at radius 1 is 1.17 bits per heavy atom. The van der Waals surface area contributed by atoms with Crippen LogP contribution in [-0.2, 0) is 20.9 Å². The summed E-state index contributed by atoms with van der Waals surface area (Å²) in [4.78, 5) is 35.3. The maximum absolute atomic E-state index is 12.4. The number of hydrogen-bond acceptors (Lipinski definition) is 5. The zero-order valence-electron chi connectivity index (χ0n) is 13.9. The number of carbonyl (C=O) groups is 3. The van der Waals surface area contributed by atoms with E-state index in [1.165, 1.54) is 4.90 Å². The first-order valence-corrected chi connectivity index (χ1v) is 9.99.